The minimum atomic E-state index is 0.0597. The van der Waals surface area contributed by atoms with Gasteiger partial charge in [0.1, 0.15) is 4.32 Å². The third-order valence-corrected chi connectivity index (χ3v) is 5.39. The quantitative estimate of drug-likeness (QED) is 0.364. The number of carbonyl (C=O) groups excluding carboxylic acids is 1. The van der Waals surface area contributed by atoms with Gasteiger partial charge in [0.2, 0.25) is 0 Å². The minimum absolute atomic E-state index is 0.0597. The van der Waals surface area contributed by atoms with Crippen LogP contribution in [-0.2, 0) is 4.79 Å². The molecule has 1 aliphatic rings. The highest BCUT2D eigenvalue weighted by molar-refractivity contribution is 8.26. The van der Waals surface area contributed by atoms with Crippen LogP contribution in [0.5, 0.6) is 0 Å². The van der Waals surface area contributed by atoms with Crippen LogP contribution in [0.2, 0.25) is 0 Å². The summed E-state index contributed by atoms with van der Waals surface area (Å²) in [6.45, 7) is 7.29. The summed E-state index contributed by atoms with van der Waals surface area (Å²) in [5.41, 5.74) is 2.37. The lowest BCUT2D eigenvalue weighted by molar-refractivity contribution is -0.122. The van der Waals surface area contributed by atoms with Crippen molar-refractivity contribution in [2.45, 2.75) is 52.4 Å². The van der Waals surface area contributed by atoms with E-state index in [0.29, 0.717) is 10.2 Å². The molecule has 0 atom stereocenters. The maximum absolute atomic E-state index is 12.5. The molecule has 23 heavy (non-hydrogen) atoms. The van der Waals surface area contributed by atoms with E-state index in [-0.39, 0.29) is 5.91 Å². The molecule has 0 N–H and O–H groups in total. The van der Waals surface area contributed by atoms with Crippen molar-refractivity contribution in [3.8, 4) is 0 Å². The fourth-order valence-electron chi connectivity index (χ4n) is 2.52. The molecule has 0 unspecified atom stereocenters. The number of amides is 1. The summed E-state index contributed by atoms with van der Waals surface area (Å²) in [6.07, 6.45) is 6.55. The van der Waals surface area contributed by atoms with Gasteiger partial charge in [-0.1, -0.05) is 88.3 Å². The smallest absolute Gasteiger partial charge is 0.266 e. The number of hydrogen-bond donors (Lipinski definition) is 0. The monoisotopic (exact) mass is 347 g/mol. The Labute approximate surface area is 149 Å². The van der Waals surface area contributed by atoms with E-state index in [9.17, 15) is 4.79 Å². The zero-order valence-corrected chi connectivity index (χ0v) is 15.8. The fourth-order valence-corrected chi connectivity index (χ4v) is 3.83. The van der Waals surface area contributed by atoms with Crippen molar-refractivity contribution in [2.24, 2.45) is 0 Å². The first-order chi connectivity index (χ1) is 11.0. The van der Waals surface area contributed by atoms with E-state index < -0.39 is 0 Å². The van der Waals surface area contributed by atoms with Gasteiger partial charge in [0.05, 0.1) is 4.91 Å². The lowest BCUT2D eigenvalue weighted by Crippen LogP contribution is -2.28. The molecular weight excluding hydrogens is 322 g/mol. The molecule has 1 aromatic carbocycles. The number of unbranched alkanes of at least 4 members (excludes halogenated alkanes) is 3. The highest BCUT2D eigenvalue weighted by atomic mass is 32.2. The summed E-state index contributed by atoms with van der Waals surface area (Å²) in [5.74, 6) is 0.579. The van der Waals surface area contributed by atoms with Crippen LogP contribution in [0.4, 0.5) is 0 Å². The van der Waals surface area contributed by atoms with Crippen LogP contribution < -0.4 is 0 Å². The van der Waals surface area contributed by atoms with Gasteiger partial charge < -0.3 is 0 Å². The minimum Gasteiger partial charge on any atom is -0.293 e. The van der Waals surface area contributed by atoms with E-state index in [1.165, 1.54) is 30.2 Å². The maximum atomic E-state index is 12.5. The van der Waals surface area contributed by atoms with Crippen LogP contribution in [0.3, 0.4) is 0 Å². The number of benzene rings is 1. The van der Waals surface area contributed by atoms with Gasteiger partial charge in [-0.25, -0.2) is 0 Å². The maximum Gasteiger partial charge on any atom is 0.266 e. The molecule has 0 aliphatic carbocycles. The molecule has 2 nitrogen and oxygen atoms in total. The van der Waals surface area contributed by atoms with Crippen molar-refractivity contribution in [3.63, 3.8) is 0 Å². The van der Waals surface area contributed by atoms with Crippen molar-refractivity contribution in [1.82, 2.24) is 4.90 Å². The molecule has 0 spiro atoms. The number of thioether (sulfide) groups is 1. The average molecular weight is 348 g/mol. The molecule has 4 heteroatoms. The van der Waals surface area contributed by atoms with Gasteiger partial charge in [-0.2, -0.15) is 0 Å². The largest absolute Gasteiger partial charge is 0.293 e. The molecule has 124 valence electrons. The molecule has 0 bridgehead atoms. The van der Waals surface area contributed by atoms with E-state index in [4.69, 9.17) is 12.2 Å². The summed E-state index contributed by atoms with van der Waals surface area (Å²) in [4.78, 5) is 15.0. The van der Waals surface area contributed by atoms with Gasteiger partial charge in [-0.15, -0.1) is 0 Å². The molecule has 0 radical (unpaired) electrons. The fraction of sp³-hybridized carbons (Fsp3) is 0.474. The van der Waals surface area contributed by atoms with E-state index in [1.54, 1.807) is 4.90 Å². The van der Waals surface area contributed by atoms with Crippen molar-refractivity contribution in [1.29, 1.82) is 0 Å². The van der Waals surface area contributed by atoms with Crippen LogP contribution in [0.1, 0.15) is 63.5 Å². The second kappa shape index (κ2) is 8.65. The second-order valence-electron chi connectivity index (χ2n) is 6.22. The number of thiocarbonyl (C=S) groups is 1. The molecular formula is C19H25NOS2. The van der Waals surface area contributed by atoms with E-state index in [0.717, 1.165) is 29.9 Å². The van der Waals surface area contributed by atoms with Crippen LogP contribution in [0.15, 0.2) is 29.2 Å². The summed E-state index contributed by atoms with van der Waals surface area (Å²) in [6, 6.07) is 8.40. The number of rotatable bonds is 7. The van der Waals surface area contributed by atoms with Gasteiger partial charge >= 0.3 is 0 Å². The topological polar surface area (TPSA) is 20.3 Å². The standard InChI is InChI=1S/C19H25NOS2/c1-4-5-6-7-12-20-18(21)17(23-19(20)22)13-15-8-10-16(11-9-15)14(2)3/h8-11,13-14H,4-7,12H2,1-3H3/b17-13+. The van der Waals surface area contributed by atoms with Crippen molar-refractivity contribution < 1.29 is 4.79 Å². The first-order valence-electron chi connectivity index (χ1n) is 8.38. The van der Waals surface area contributed by atoms with Crippen molar-refractivity contribution in [3.05, 3.63) is 40.3 Å². The molecule has 1 saturated heterocycles. The summed E-state index contributed by atoms with van der Waals surface area (Å²) < 4.78 is 0.691. The average Bonchev–Trinajstić information content (AvgIpc) is 2.79. The molecule has 2 rings (SSSR count). The van der Waals surface area contributed by atoms with E-state index in [2.05, 4.69) is 45.0 Å². The van der Waals surface area contributed by atoms with Gasteiger partial charge in [0.15, 0.2) is 0 Å². The predicted octanol–water partition coefficient (Wildman–Crippen LogP) is 5.59. The molecule has 1 heterocycles. The lowest BCUT2D eigenvalue weighted by Gasteiger charge is -2.13. The van der Waals surface area contributed by atoms with Crippen molar-refractivity contribution >= 4 is 40.3 Å². The van der Waals surface area contributed by atoms with Crippen LogP contribution in [0.25, 0.3) is 6.08 Å². The molecule has 1 aliphatic heterocycles. The molecule has 1 amide bonds. The summed E-state index contributed by atoms with van der Waals surface area (Å²) in [5, 5.41) is 0. The van der Waals surface area contributed by atoms with Crippen molar-refractivity contribution in [2.75, 3.05) is 6.54 Å². The van der Waals surface area contributed by atoms with Gasteiger partial charge in [-0.05, 0) is 29.5 Å². The second-order valence-corrected chi connectivity index (χ2v) is 7.89. The zero-order valence-electron chi connectivity index (χ0n) is 14.2. The Hall–Kier alpha value is -1.13. The third-order valence-electron chi connectivity index (χ3n) is 4.01. The Morgan fingerprint density at radius 2 is 1.87 bits per heavy atom. The number of nitrogens with zero attached hydrogens (tertiary/aromatic N) is 1. The zero-order chi connectivity index (χ0) is 16.8. The molecule has 1 fully saturated rings. The summed E-state index contributed by atoms with van der Waals surface area (Å²) in [7, 11) is 0. The highest BCUT2D eigenvalue weighted by Gasteiger charge is 2.31. The Morgan fingerprint density at radius 3 is 2.48 bits per heavy atom. The lowest BCUT2D eigenvalue weighted by atomic mass is 10.0. The first-order valence-corrected chi connectivity index (χ1v) is 9.60. The van der Waals surface area contributed by atoms with Gasteiger partial charge in [-0.3, -0.25) is 9.69 Å². The number of carbonyl (C=O) groups is 1. The predicted molar refractivity (Wildman–Crippen MR) is 105 cm³/mol. The first kappa shape index (κ1) is 18.2. The number of hydrogen-bond acceptors (Lipinski definition) is 3. The van der Waals surface area contributed by atoms with Crippen LogP contribution in [-0.4, -0.2) is 21.7 Å². The molecule has 0 saturated carbocycles. The van der Waals surface area contributed by atoms with Crippen LogP contribution in [0, 0.1) is 0 Å². The van der Waals surface area contributed by atoms with Gasteiger partial charge in [0.25, 0.3) is 5.91 Å². The molecule has 0 aromatic heterocycles. The van der Waals surface area contributed by atoms with Crippen LogP contribution >= 0.6 is 24.0 Å². The van der Waals surface area contributed by atoms with E-state index >= 15 is 0 Å². The summed E-state index contributed by atoms with van der Waals surface area (Å²) >= 11 is 6.79. The normalized spacial score (nSPS) is 16.9. The van der Waals surface area contributed by atoms with E-state index in [1.807, 2.05) is 6.08 Å². The Bertz CT molecular complexity index is 590. The van der Waals surface area contributed by atoms with Gasteiger partial charge in [0, 0.05) is 6.54 Å². The Morgan fingerprint density at radius 1 is 1.17 bits per heavy atom. The third kappa shape index (κ3) is 4.92. The SMILES string of the molecule is CCCCCCN1C(=O)/C(=C\c2ccc(C(C)C)cc2)SC1=S. The highest BCUT2D eigenvalue weighted by Crippen LogP contribution is 2.33. The Kier molecular flexibility index (Phi) is 6.85. The molecule has 1 aromatic rings. The Balaban J connectivity index is 2.03.